The Morgan fingerprint density at radius 3 is 2.70 bits per heavy atom. The van der Waals surface area contributed by atoms with E-state index in [1.165, 1.54) is 12.1 Å². The molecule has 1 aliphatic carbocycles. The highest BCUT2D eigenvalue weighted by Crippen LogP contribution is 2.30. The molecule has 1 N–H and O–H groups in total. The summed E-state index contributed by atoms with van der Waals surface area (Å²) >= 11 is 0. The fourth-order valence-corrected chi connectivity index (χ4v) is 4.01. The number of nitrogens with zero attached hydrogens (tertiary/aromatic N) is 2. The smallest absolute Gasteiger partial charge is 0.253 e. The van der Waals surface area contributed by atoms with Gasteiger partial charge in [-0.25, -0.2) is 9.37 Å². The Labute approximate surface area is 174 Å². The van der Waals surface area contributed by atoms with Gasteiger partial charge in [-0.15, -0.1) is 0 Å². The Hall–Kier alpha value is -3.22. The van der Waals surface area contributed by atoms with Gasteiger partial charge in [0.25, 0.3) is 5.91 Å². The lowest BCUT2D eigenvalue weighted by Gasteiger charge is -2.25. The van der Waals surface area contributed by atoms with Crippen molar-refractivity contribution in [2.24, 2.45) is 5.92 Å². The van der Waals surface area contributed by atoms with Crippen LogP contribution in [-0.2, 0) is 4.79 Å². The van der Waals surface area contributed by atoms with E-state index in [-0.39, 0.29) is 29.6 Å². The van der Waals surface area contributed by atoms with Gasteiger partial charge in [0, 0.05) is 42.7 Å². The molecule has 2 amide bonds. The first-order valence-corrected chi connectivity index (χ1v) is 10.2. The third-order valence-corrected chi connectivity index (χ3v) is 5.72. The number of benzene rings is 2. The number of halogens is 1. The van der Waals surface area contributed by atoms with Crippen molar-refractivity contribution < 1.29 is 18.4 Å². The summed E-state index contributed by atoms with van der Waals surface area (Å²) in [4.78, 5) is 31.1. The molecule has 1 fully saturated rings. The number of hydrogen-bond acceptors (Lipinski definition) is 4. The second kappa shape index (κ2) is 8.26. The van der Waals surface area contributed by atoms with Crippen molar-refractivity contribution in [3.63, 3.8) is 0 Å². The lowest BCUT2D eigenvalue weighted by Crippen LogP contribution is -2.36. The van der Waals surface area contributed by atoms with Gasteiger partial charge in [-0.2, -0.15) is 0 Å². The zero-order chi connectivity index (χ0) is 21.3. The maximum Gasteiger partial charge on any atom is 0.253 e. The fraction of sp³-hybridized carbons (Fsp3) is 0.348. The Balaban J connectivity index is 1.45. The average Bonchev–Trinajstić information content (AvgIpc) is 3.40. The van der Waals surface area contributed by atoms with E-state index in [9.17, 15) is 14.0 Å². The summed E-state index contributed by atoms with van der Waals surface area (Å²) in [6, 6.07) is 11.3. The van der Waals surface area contributed by atoms with Crippen molar-refractivity contribution in [2.45, 2.75) is 32.2 Å². The Kier molecular flexibility index (Phi) is 5.53. The molecule has 6 nitrogen and oxygen atoms in total. The molecule has 0 unspecified atom stereocenters. The van der Waals surface area contributed by atoms with Gasteiger partial charge in [0.2, 0.25) is 11.8 Å². The average molecular weight is 409 g/mol. The van der Waals surface area contributed by atoms with Gasteiger partial charge < -0.3 is 14.6 Å². The molecule has 2 aromatic carbocycles. The number of carbonyl (C=O) groups is 2. The van der Waals surface area contributed by atoms with E-state index in [0.717, 1.165) is 12.8 Å². The van der Waals surface area contributed by atoms with E-state index in [4.69, 9.17) is 4.42 Å². The van der Waals surface area contributed by atoms with E-state index < -0.39 is 0 Å². The zero-order valence-corrected chi connectivity index (χ0v) is 17.0. The predicted molar refractivity (Wildman–Crippen MR) is 111 cm³/mol. The van der Waals surface area contributed by atoms with Crippen LogP contribution in [0.5, 0.6) is 0 Å². The highest BCUT2D eigenvalue weighted by Gasteiger charge is 2.33. The van der Waals surface area contributed by atoms with E-state index in [0.29, 0.717) is 41.1 Å². The zero-order valence-electron chi connectivity index (χ0n) is 17.0. The van der Waals surface area contributed by atoms with E-state index in [1.54, 1.807) is 42.3 Å². The van der Waals surface area contributed by atoms with Gasteiger partial charge in [-0.05, 0) is 62.6 Å². The van der Waals surface area contributed by atoms with Crippen LogP contribution in [0.15, 0.2) is 46.9 Å². The van der Waals surface area contributed by atoms with Gasteiger partial charge >= 0.3 is 0 Å². The molecular weight excluding hydrogens is 385 g/mol. The molecule has 2 atom stereocenters. The van der Waals surface area contributed by atoms with Crippen molar-refractivity contribution in [1.29, 1.82) is 0 Å². The molecule has 0 radical (unpaired) electrons. The number of fused-ring (bicyclic) bond motifs is 1. The van der Waals surface area contributed by atoms with Crippen LogP contribution in [0.25, 0.3) is 22.6 Å². The molecular formula is C23H24FN3O3. The van der Waals surface area contributed by atoms with Crippen LogP contribution in [0.3, 0.4) is 0 Å². The first-order valence-electron chi connectivity index (χ1n) is 10.2. The number of carbonyl (C=O) groups excluding carboxylic acids is 2. The molecule has 3 aromatic rings. The van der Waals surface area contributed by atoms with Crippen molar-refractivity contribution >= 4 is 22.9 Å². The lowest BCUT2D eigenvalue weighted by molar-refractivity contribution is -0.124. The molecule has 1 aromatic heterocycles. The third-order valence-electron chi connectivity index (χ3n) is 5.72. The highest BCUT2D eigenvalue weighted by atomic mass is 19.1. The minimum Gasteiger partial charge on any atom is -0.436 e. The van der Waals surface area contributed by atoms with Crippen molar-refractivity contribution in [1.82, 2.24) is 15.2 Å². The minimum atomic E-state index is -0.379. The highest BCUT2D eigenvalue weighted by molar-refractivity contribution is 5.94. The summed E-state index contributed by atoms with van der Waals surface area (Å²) in [6.45, 7) is 2.53. The fourth-order valence-electron chi connectivity index (χ4n) is 4.01. The van der Waals surface area contributed by atoms with E-state index >= 15 is 0 Å². The van der Waals surface area contributed by atoms with Crippen molar-refractivity contribution in [2.75, 3.05) is 13.6 Å². The first kappa shape index (κ1) is 20.1. The molecule has 4 rings (SSSR count). The van der Waals surface area contributed by atoms with Gasteiger partial charge in [0.05, 0.1) is 0 Å². The van der Waals surface area contributed by atoms with Crippen molar-refractivity contribution in [3.8, 4) is 11.5 Å². The van der Waals surface area contributed by atoms with Gasteiger partial charge in [0.1, 0.15) is 11.3 Å². The van der Waals surface area contributed by atoms with Crippen LogP contribution in [-0.4, -0.2) is 41.3 Å². The maximum absolute atomic E-state index is 13.3. The van der Waals surface area contributed by atoms with Crippen LogP contribution in [0.2, 0.25) is 0 Å². The minimum absolute atomic E-state index is 0.0310. The Bertz CT molecular complexity index is 1080. The number of rotatable bonds is 5. The SMILES string of the molecule is CCNC(=O)[C@H]1CC[C@@H](N(C)C(=O)c2ccc(-c3nc4ccc(F)cc4o3)cc2)C1. The van der Waals surface area contributed by atoms with Crippen LogP contribution in [0, 0.1) is 11.7 Å². The van der Waals surface area contributed by atoms with Crippen molar-refractivity contribution in [3.05, 3.63) is 53.8 Å². The van der Waals surface area contributed by atoms with Gasteiger partial charge in [-0.1, -0.05) is 0 Å². The predicted octanol–water partition coefficient (Wildman–Crippen LogP) is 4.01. The second-order valence-electron chi connectivity index (χ2n) is 7.68. The molecule has 7 heteroatoms. The monoisotopic (exact) mass is 409 g/mol. The summed E-state index contributed by atoms with van der Waals surface area (Å²) in [6.07, 6.45) is 2.30. The number of nitrogens with one attached hydrogen (secondary N) is 1. The number of hydrogen-bond donors (Lipinski definition) is 1. The summed E-state index contributed by atoms with van der Waals surface area (Å²) < 4.78 is 19.0. The van der Waals surface area contributed by atoms with Crippen LogP contribution >= 0.6 is 0 Å². The lowest BCUT2D eigenvalue weighted by atomic mass is 10.1. The molecule has 156 valence electrons. The van der Waals surface area contributed by atoms with E-state index in [1.807, 2.05) is 6.92 Å². The number of amides is 2. The Morgan fingerprint density at radius 2 is 1.97 bits per heavy atom. The van der Waals surface area contributed by atoms with Crippen LogP contribution in [0.1, 0.15) is 36.5 Å². The molecule has 1 aliphatic rings. The maximum atomic E-state index is 13.3. The van der Waals surface area contributed by atoms with Gasteiger partial charge in [-0.3, -0.25) is 9.59 Å². The molecule has 0 saturated heterocycles. The molecule has 1 heterocycles. The van der Waals surface area contributed by atoms with Crippen LogP contribution < -0.4 is 5.32 Å². The molecule has 0 bridgehead atoms. The quantitative estimate of drug-likeness (QED) is 0.691. The topological polar surface area (TPSA) is 75.4 Å². The third kappa shape index (κ3) is 3.92. The number of oxazole rings is 1. The van der Waals surface area contributed by atoms with Gasteiger partial charge in [0.15, 0.2) is 5.58 Å². The molecule has 0 aliphatic heterocycles. The summed E-state index contributed by atoms with van der Waals surface area (Å²) in [5, 5.41) is 2.86. The molecule has 0 spiro atoms. The summed E-state index contributed by atoms with van der Waals surface area (Å²) in [5.74, 6) is -0.0400. The van der Waals surface area contributed by atoms with Crippen LogP contribution in [0.4, 0.5) is 4.39 Å². The summed E-state index contributed by atoms with van der Waals surface area (Å²) in [5.41, 5.74) is 2.23. The number of aromatic nitrogens is 1. The second-order valence-corrected chi connectivity index (χ2v) is 7.68. The molecule has 1 saturated carbocycles. The summed E-state index contributed by atoms with van der Waals surface area (Å²) in [7, 11) is 1.79. The Morgan fingerprint density at radius 1 is 1.20 bits per heavy atom. The standard InChI is InChI=1S/C23H24FN3O3/c1-3-25-21(28)16-8-10-18(12-16)27(2)23(29)15-6-4-14(5-7-15)22-26-19-11-9-17(24)13-20(19)30-22/h4-7,9,11,13,16,18H,3,8,10,12H2,1-2H3,(H,25,28)/t16-,18+/m0/s1. The largest absolute Gasteiger partial charge is 0.436 e. The molecule has 30 heavy (non-hydrogen) atoms. The van der Waals surface area contributed by atoms with E-state index in [2.05, 4.69) is 10.3 Å². The normalized spacial score (nSPS) is 18.5. The first-order chi connectivity index (χ1) is 14.5.